The molecule has 1 aromatic rings. The standard InChI is InChI=1S/C18H20N2O4S/c1-2-9-24-15-6-4-3-5-14(15)12-16-17(21)20(18(22)25-16)13-19-7-10-23-11-8-19/h2-6,12H,1,7-11,13H2/b16-12+. The van der Waals surface area contributed by atoms with Gasteiger partial charge in [0.05, 0.1) is 24.8 Å². The first-order valence-electron chi connectivity index (χ1n) is 8.07. The molecule has 2 aliphatic rings. The monoisotopic (exact) mass is 360 g/mol. The SMILES string of the molecule is C=CCOc1ccccc1/C=C1/SC(=O)N(CN2CCOCC2)C1=O. The van der Waals surface area contributed by atoms with Gasteiger partial charge in [-0.25, -0.2) is 0 Å². The van der Waals surface area contributed by atoms with E-state index in [4.69, 9.17) is 9.47 Å². The Balaban J connectivity index is 1.75. The number of carbonyl (C=O) groups excluding carboxylic acids is 2. The van der Waals surface area contributed by atoms with Crippen molar-refractivity contribution in [1.82, 2.24) is 9.80 Å². The van der Waals surface area contributed by atoms with Crippen LogP contribution < -0.4 is 4.74 Å². The van der Waals surface area contributed by atoms with Crippen LogP contribution >= 0.6 is 11.8 Å². The summed E-state index contributed by atoms with van der Waals surface area (Å²) in [5.41, 5.74) is 0.765. The summed E-state index contributed by atoms with van der Waals surface area (Å²) in [5.74, 6) is 0.391. The molecule has 0 N–H and O–H groups in total. The van der Waals surface area contributed by atoms with Gasteiger partial charge < -0.3 is 9.47 Å². The average Bonchev–Trinajstić information content (AvgIpc) is 2.89. The molecule has 7 heteroatoms. The molecule has 3 rings (SSSR count). The van der Waals surface area contributed by atoms with E-state index in [1.165, 1.54) is 4.90 Å². The van der Waals surface area contributed by atoms with Gasteiger partial charge in [0.1, 0.15) is 12.4 Å². The molecular formula is C18H20N2O4S. The van der Waals surface area contributed by atoms with Crippen molar-refractivity contribution in [3.63, 3.8) is 0 Å². The van der Waals surface area contributed by atoms with E-state index in [1.54, 1.807) is 12.2 Å². The maximum absolute atomic E-state index is 12.6. The molecule has 0 aromatic heterocycles. The van der Waals surface area contributed by atoms with Gasteiger partial charge >= 0.3 is 0 Å². The molecule has 2 aliphatic heterocycles. The fourth-order valence-corrected chi connectivity index (χ4v) is 3.41. The Morgan fingerprint density at radius 1 is 1.24 bits per heavy atom. The van der Waals surface area contributed by atoms with Crippen molar-refractivity contribution in [1.29, 1.82) is 0 Å². The zero-order chi connectivity index (χ0) is 17.6. The summed E-state index contributed by atoms with van der Waals surface area (Å²) in [5, 5.41) is -0.243. The van der Waals surface area contributed by atoms with Crippen LogP contribution in [0.3, 0.4) is 0 Å². The van der Waals surface area contributed by atoms with Crippen molar-refractivity contribution in [3.05, 3.63) is 47.4 Å². The summed E-state index contributed by atoms with van der Waals surface area (Å²) in [4.78, 5) is 28.6. The highest BCUT2D eigenvalue weighted by Crippen LogP contribution is 2.34. The van der Waals surface area contributed by atoms with E-state index in [1.807, 2.05) is 29.2 Å². The second-order valence-electron chi connectivity index (χ2n) is 5.62. The number of imide groups is 1. The summed E-state index contributed by atoms with van der Waals surface area (Å²) in [6.45, 7) is 7.01. The van der Waals surface area contributed by atoms with Gasteiger partial charge in [0.15, 0.2) is 0 Å². The highest BCUT2D eigenvalue weighted by molar-refractivity contribution is 8.18. The molecule has 2 amide bonds. The number of nitrogens with zero attached hydrogens (tertiary/aromatic N) is 2. The Morgan fingerprint density at radius 3 is 2.76 bits per heavy atom. The third-order valence-electron chi connectivity index (χ3n) is 3.88. The molecule has 132 valence electrons. The van der Waals surface area contributed by atoms with Crippen LogP contribution in [0.1, 0.15) is 5.56 Å². The molecule has 6 nitrogen and oxygen atoms in total. The largest absolute Gasteiger partial charge is 0.489 e. The Labute approximate surface area is 151 Å². The van der Waals surface area contributed by atoms with Crippen LogP contribution in [-0.2, 0) is 9.53 Å². The van der Waals surface area contributed by atoms with Crippen LogP contribution in [0.15, 0.2) is 41.8 Å². The molecule has 0 unspecified atom stereocenters. The fraction of sp³-hybridized carbons (Fsp3) is 0.333. The zero-order valence-electron chi connectivity index (χ0n) is 13.8. The van der Waals surface area contributed by atoms with Gasteiger partial charge in [-0.15, -0.1) is 0 Å². The first-order chi connectivity index (χ1) is 12.2. The lowest BCUT2D eigenvalue weighted by Crippen LogP contribution is -2.45. The van der Waals surface area contributed by atoms with Crippen LogP contribution in [-0.4, -0.2) is 60.5 Å². The minimum Gasteiger partial charge on any atom is -0.489 e. The molecule has 0 radical (unpaired) electrons. The summed E-state index contributed by atoms with van der Waals surface area (Å²) in [6.07, 6.45) is 3.37. The van der Waals surface area contributed by atoms with E-state index < -0.39 is 0 Å². The fourth-order valence-electron chi connectivity index (χ4n) is 2.59. The second kappa shape index (κ2) is 8.33. The van der Waals surface area contributed by atoms with Crippen molar-refractivity contribution in [2.24, 2.45) is 0 Å². The number of amides is 2. The van der Waals surface area contributed by atoms with E-state index in [-0.39, 0.29) is 11.1 Å². The van der Waals surface area contributed by atoms with Gasteiger partial charge in [-0.05, 0) is 23.9 Å². The molecule has 0 spiro atoms. The molecule has 2 saturated heterocycles. The topological polar surface area (TPSA) is 59.1 Å². The summed E-state index contributed by atoms with van der Waals surface area (Å²) in [7, 11) is 0. The normalized spacial score (nSPS) is 20.3. The van der Waals surface area contributed by atoms with E-state index in [9.17, 15) is 9.59 Å². The first-order valence-corrected chi connectivity index (χ1v) is 8.89. The third-order valence-corrected chi connectivity index (χ3v) is 4.79. The Bertz CT molecular complexity index is 698. The number of rotatable bonds is 6. The molecule has 0 bridgehead atoms. The highest BCUT2D eigenvalue weighted by atomic mass is 32.2. The maximum atomic E-state index is 12.6. The first kappa shape index (κ1) is 17.7. The summed E-state index contributed by atoms with van der Waals surface area (Å²) >= 11 is 0.963. The predicted molar refractivity (Wildman–Crippen MR) is 97.2 cm³/mol. The number of benzene rings is 1. The van der Waals surface area contributed by atoms with Gasteiger partial charge in [-0.3, -0.25) is 19.4 Å². The Kier molecular flexibility index (Phi) is 5.91. The van der Waals surface area contributed by atoms with Crippen LogP contribution in [0.25, 0.3) is 6.08 Å². The lowest BCUT2D eigenvalue weighted by molar-refractivity contribution is -0.125. The van der Waals surface area contributed by atoms with E-state index in [2.05, 4.69) is 6.58 Å². The quantitative estimate of drug-likeness (QED) is 0.574. The minimum absolute atomic E-state index is 0.243. The zero-order valence-corrected chi connectivity index (χ0v) is 14.7. The van der Waals surface area contributed by atoms with Crippen molar-refractivity contribution in [3.8, 4) is 5.75 Å². The maximum Gasteiger partial charge on any atom is 0.294 e. The molecule has 25 heavy (non-hydrogen) atoms. The number of hydrogen-bond donors (Lipinski definition) is 0. The molecule has 1 aromatic carbocycles. The van der Waals surface area contributed by atoms with E-state index in [0.717, 1.165) is 30.4 Å². The van der Waals surface area contributed by atoms with Crippen molar-refractivity contribution < 1.29 is 19.1 Å². The summed E-state index contributed by atoms with van der Waals surface area (Å²) in [6, 6.07) is 7.41. The predicted octanol–water partition coefficient (Wildman–Crippen LogP) is 2.58. The van der Waals surface area contributed by atoms with Crippen LogP contribution in [0.4, 0.5) is 4.79 Å². The summed E-state index contributed by atoms with van der Waals surface area (Å²) < 4.78 is 10.9. The van der Waals surface area contributed by atoms with Crippen molar-refractivity contribution in [2.45, 2.75) is 0 Å². The van der Waals surface area contributed by atoms with Crippen LogP contribution in [0.2, 0.25) is 0 Å². The number of hydrogen-bond acceptors (Lipinski definition) is 6. The number of ether oxygens (including phenoxy) is 2. The van der Waals surface area contributed by atoms with Gasteiger partial charge in [0, 0.05) is 18.7 Å². The third kappa shape index (κ3) is 4.31. The molecule has 2 heterocycles. The number of para-hydroxylation sites is 1. The number of thioether (sulfide) groups is 1. The smallest absolute Gasteiger partial charge is 0.294 e. The molecule has 0 atom stereocenters. The minimum atomic E-state index is -0.264. The molecule has 2 fully saturated rings. The van der Waals surface area contributed by atoms with Crippen LogP contribution in [0.5, 0.6) is 5.75 Å². The Morgan fingerprint density at radius 2 is 2.00 bits per heavy atom. The van der Waals surface area contributed by atoms with Gasteiger partial charge in [0.25, 0.3) is 11.1 Å². The van der Waals surface area contributed by atoms with Crippen molar-refractivity contribution in [2.75, 3.05) is 39.6 Å². The lowest BCUT2D eigenvalue weighted by Gasteiger charge is -2.29. The molecule has 0 saturated carbocycles. The van der Waals surface area contributed by atoms with Gasteiger partial charge in [-0.1, -0.05) is 30.9 Å². The van der Waals surface area contributed by atoms with Crippen LogP contribution in [0, 0.1) is 0 Å². The van der Waals surface area contributed by atoms with E-state index in [0.29, 0.717) is 37.1 Å². The number of carbonyl (C=O) groups is 2. The molecule has 0 aliphatic carbocycles. The average molecular weight is 360 g/mol. The van der Waals surface area contributed by atoms with Gasteiger partial charge in [-0.2, -0.15) is 0 Å². The van der Waals surface area contributed by atoms with E-state index >= 15 is 0 Å². The van der Waals surface area contributed by atoms with Crippen molar-refractivity contribution >= 4 is 29.0 Å². The Hall–Kier alpha value is -2.09. The lowest BCUT2D eigenvalue weighted by atomic mass is 10.2. The second-order valence-corrected chi connectivity index (χ2v) is 6.61. The molecular weight excluding hydrogens is 340 g/mol. The van der Waals surface area contributed by atoms with Gasteiger partial charge in [0.2, 0.25) is 0 Å². The highest BCUT2D eigenvalue weighted by Gasteiger charge is 2.36. The number of morpholine rings is 1.